The van der Waals surface area contributed by atoms with Gasteiger partial charge in [-0.1, -0.05) is 53.7 Å². The van der Waals surface area contributed by atoms with Crippen LogP contribution in [0.25, 0.3) is 16.7 Å². The molecule has 0 saturated carbocycles. The number of alkyl halides is 3. The van der Waals surface area contributed by atoms with Gasteiger partial charge in [-0.05, 0) is 78.9 Å². The Morgan fingerprint density at radius 2 is 1.65 bits per heavy atom. The average molecular weight is 735 g/mol. The quantitative estimate of drug-likeness (QED) is 0.0774. The zero-order chi connectivity index (χ0) is 38.2. The number of benzene rings is 2. The van der Waals surface area contributed by atoms with Gasteiger partial charge >= 0.3 is 12.1 Å². The molecule has 0 aliphatic carbocycles. The Balaban J connectivity index is 0.000000287. The number of sulfone groups is 1. The number of nitrogens with zero attached hydrogens (tertiary/aromatic N) is 3. The molecule has 2 aromatic heterocycles. The van der Waals surface area contributed by atoms with Crippen molar-refractivity contribution in [2.75, 3.05) is 25.4 Å². The zero-order valence-electron chi connectivity index (χ0n) is 29.9. The number of guanidine groups is 1. The third kappa shape index (κ3) is 12.7. The van der Waals surface area contributed by atoms with Crippen molar-refractivity contribution < 1.29 is 26.3 Å². The number of nitrogens with two attached hydrogens (primary N) is 3. The van der Waals surface area contributed by atoms with Gasteiger partial charge in [-0.15, -0.1) is 13.2 Å². The van der Waals surface area contributed by atoms with Crippen LogP contribution in [0.5, 0.6) is 5.75 Å². The summed E-state index contributed by atoms with van der Waals surface area (Å²) in [7, 11) is -3.71. The second-order valence-corrected chi connectivity index (χ2v) is 16.2. The first-order chi connectivity index (χ1) is 23.6. The van der Waals surface area contributed by atoms with Gasteiger partial charge in [0.1, 0.15) is 11.4 Å². The van der Waals surface area contributed by atoms with Crippen molar-refractivity contribution in [3.8, 4) is 11.4 Å². The van der Waals surface area contributed by atoms with E-state index in [1.165, 1.54) is 12.1 Å². The van der Waals surface area contributed by atoms with Crippen molar-refractivity contribution in [2.24, 2.45) is 22.2 Å². The Kier molecular flexibility index (Phi) is 13.5. The first-order valence-corrected chi connectivity index (χ1v) is 18.1. The zero-order valence-corrected chi connectivity index (χ0v) is 30.7. The van der Waals surface area contributed by atoms with Crippen LogP contribution in [-0.2, 0) is 27.2 Å². The molecule has 0 radical (unpaired) electrons. The minimum atomic E-state index is -4.88. The van der Waals surface area contributed by atoms with Gasteiger partial charge in [-0.25, -0.2) is 13.2 Å². The van der Waals surface area contributed by atoms with Gasteiger partial charge in [0.05, 0.1) is 16.3 Å². The maximum atomic E-state index is 12.5. The molecule has 2 heterocycles. The number of halogens is 3. The van der Waals surface area contributed by atoms with E-state index in [1.807, 2.05) is 30.5 Å². The fraction of sp³-hybridized carbons (Fsp3) is 0.457. The minimum Gasteiger partial charge on any atom is -0.406 e. The Labute approximate surface area is 296 Å². The predicted molar refractivity (Wildman–Crippen MR) is 195 cm³/mol. The van der Waals surface area contributed by atoms with Crippen molar-refractivity contribution in [1.82, 2.24) is 19.9 Å². The van der Waals surface area contributed by atoms with E-state index >= 15 is 0 Å². The summed E-state index contributed by atoms with van der Waals surface area (Å²) in [5.74, 6) is -0.633. The number of ether oxygens (including phenoxy) is 1. The molecule has 51 heavy (non-hydrogen) atoms. The van der Waals surface area contributed by atoms with E-state index < -0.39 is 27.4 Å². The molecule has 0 bridgehead atoms. The minimum absolute atomic E-state index is 0.0352. The number of fused-ring (bicyclic) bond motifs is 1. The summed E-state index contributed by atoms with van der Waals surface area (Å²) in [4.78, 5) is 23.7. The van der Waals surface area contributed by atoms with Crippen LogP contribution in [0.2, 0.25) is 0 Å². The maximum absolute atomic E-state index is 12.5. The number of hydrogen-bond donors (Lipinski definition) is 5. The molecule has 0 aliphatic rings. The van der Waals surface area contributed by atoms with Crippen LogP contribution in [0.3, 0.4) is 0 Å². The third-order valence-corrected chi connectivity index (χ3v) is 9.40. The molecule has 0 saturated heterocycles. The van der Waals surface area contributed by atoms with Gasteiger partial charge in [-0.2, -0.15) is 4.98 Å². The molecule has 8 N–H and O–H groups in total. The third-order valence-electron chi connectivity index (χ3n) is 7.62. The second kappa shape index (κ2) is 16.7. The lowest BCUT2D eigenvalue weighted by Crippen LogP contribution is -2.23. The van der Waals surface area contributed by atoms with E-state index in [4.69, 9.17) is 17.2 Å². The fourth-order valence-electron chi connectivity index (χ4n) is 4.77. The number of aromatic amines is 1. The molecule has 2 aromatic carbocycles. The SMILES string of the molecule is CC(C)(C)c1cc(OC(F)(F)F)cc(S(=O)(=O)CCCN)c1.CC(C)(C)c1cc2cn(-c3ccc(CNCCCN=C(N)N)cc3)c(=O)nc2[nH]1. The number of aromatic nitrogens is 3. The highest BCUT2D eigenvalue weighted by molar-refractivity contribution is 7.91. The number of aliphatic imine (C=N–C) groups is 1. The molecule has 16 heteroatoms. The normalized spacial score (nSPS) is 12.4. The molecule has 0 unspecified atom stereocenters. The molecule has 4 aromatic rings. The average Bonchev–Trinajstić information content (AvgIpc) is 3.44. The van der Waals surface area contributed by atoms with Crippen molar-refractivity contribution in [3.63, 3.8) is 0 Å². The standard InChI is InChI=1S/C21H29N7O.C14H20F3NO3S/c1-21(2,3)17-11-15-13-28(20(29)27-18(15)26-17)16-7-5-14(6-8-16)12-24-9-4-10-25-19(22)23;1-13(2,3)10-7-11(21-14(15,16)17)9-12(8-10)22(19,20)6-4-5-18/h5-8,11,13,24H,4,9-10,12H2,1-3H3,(H4,22,23,25)(H,26,27,29);7-9H,4-6,18H2,1-3H3. The second-order valence-electron chi connectivity index (χ2n) is 14.1. The molecular formula is C35H49F3N8O4S. The molecule has 0 atom stereocenters. The molecule has 12 nitrogen and oxygen atoms in total. The summed E-state index contributed by atoms with van der Waals surface area (Å²) < 4.78 is 67.1. The summed E-state index contributed by atoms with van der Waals surface area (Å²) in [6.45, 7) is 14.0. The molecular weight excluding hydrogens is 685 g/mol. The summed E-state index contributed by atoms with van der Waals surface area (Å²) in [6.07, 6.45) is -1.94. The molecule has 280 valence electrons. The van der Waals surface area contributed by atoms with Gasteiger partial charge in [0, 0.05) is 35.8 Å². The fourth-order valence-corrected chi connectivity index (χ4v) is 6.16. The lowest BCUT2D eigenvalue weighted by Gasteiger charge is -2.21. The van der Waals surface area contributed by atoms with Crippen LogP contribution < -0.4 is 32.9 Å². The molecule has 0 amide bonds. The van der Waals surface area contributed by atoms with Crippen molar-refractivity contribution in [1.29, 1.82) is 0 Å². The topological polar surface area (TPSA) is 196 Å². The Morgan fingerprint density at radius 3 is 2.22 bits per heavy atom. The van der Waals surface area contributed by atoms with E-state index in [0.29, 0.717) is 17.8 Å². The Bertz CT molecular complexity index is 1950. The predicted octanol–water partition coefficient (Wildman–Crippen LogP) is 4.77. The number of nitrogens with one attached hydrogen (secondary N) is 2. The largest absolute Gasteiger partial charge is 0.573 e. The van der Waals surface area contributed by atoms with Crippen LogP contribution in [-0.4, -0.2) is 60.7 Å². The van der Waals surface area contributed by atoms with E-state index in [9.17, 15) is 26.4 Å². The number of H-pyrrole nitrogens is 1. The van der Waals surface area contributed by atoms with E-state index in [0.717, 1.165) is 47.9 Å². The molecule has 4 rings (SSSR count). The number of hydrogen-bond acceptors (Lipinski definition) is 8. The summed E-state index contributed by atoms with van der Waals surface area (Å²) in [5.41, 5.74) is 19.1. The Hall–Kier alpha value is -4.41. The van der Waals surface area contributed by atoms with Crippen molar-refractivity contribution in [3.05, 3.63) is 82.0 Å². The lowest BCUT2D eigenvalue weighted by atomic mass is 9.87. The van der Waals surface area contributed by atoms with Gasteiger partial charge in [0.25, 0.3) is 0 Å². The smallest absolute Gasteiger partial charge is 0.406 e. The summed E-state index contributed by atoms with van der Waals surface area (Å²) >= 11 is 0. The van der Waals surface area contributed by atoms with Gasteiger partial charge < -0.3 is 32.2 Å². The van der Waals surface area contributed by atoms with Crippen molar-refractivity contribution in [2.45, 2.75) is 83.0 Å². The van der Waals surface area contributed by atoms with E-state index in [2.05, 4.69) is 51.9 Å². The van der Waals surface area contributed by atoms with Gasteiger partial charge in [0.15, 0.2) is 15.8 Å². The monoisotopic (exact) mass is 734 g/mol. The van der Waals surface area contributed by atoms with Crippen molar-refractivity contribution >= 4 is 26.8 Å². The van der Waals surface area contributed by atoms with Crippen LogP contribution in [0.15, 0.2) is 69.4 Å². The first kappa shape index (κ1) is 41.0. The molecule has 0 spiro atoms. The Morgan fingerprint density at radius 1 is 0.980 bits per heavy atom. The summed E-state index contributed by atoms with van der Waals surface area (Å²) in [5, 5.41) is 4.27. The highest BCUT2D eigenvalue weighted by Gasteiger charge is 2.32. The maximum Gasteiger partial charge on any atom is 0.573 e. The highest BCUT2D eigenvalue weighted by atomic mass is 32.2. The lowest BCUT2D eigenvalue weighted by molar-refractivity contribution is -0.274. The van der Waals surface area contributed by atoms with Crippen LogP contribution in [0.1, 0.15) is 71.2 Å². The summed E-state index contributed by atoms with van der Waals surface area (Å²) in [6, 6.07) is 13.4. The molecule has 0 aliphatic heterocycles. The van der Waals surface area contributed by atoms with Crippen LogP contribution in [0.4, 0.5) is 13.2 Å². The molecule has 0 fully saturated rings. The van der Waals surface area contributed by atoms with E-state index in [-0.39, 0.29) is 40.7 Å². The first-order valence-electron chi connectivity index (χ1n) is 16.4. The van der Waals surface area contributed by atoms with Crippen LogP contribution in [0, 0.1) is 0 Å². The van der Waals surface area contributed by atoms with Gasteiger partial charge in [0.2, 0.25) is 0 Å². The van der Waals surface area contributed by atoms with Crippen LogP contribution >= 0.6 is 0 Å². The van der Waals surface area contributed by atoms with Gasteiger partial charge in [-0.3, -0.25) is 9.56 Å². The van der Waals surface area contributed by atoms with E-state index in [1.54, 1.807) is 25.3 Å². The highest BCUT2D eigenvalue weighted by Crippen LogP contribution is 2.32. The number of rotatable bonds is 12.